The van der Waals surface area contributed by atoms with Crippen LogP contribution in [-0.2, 0) is 20.8 Å². The van der Waals surface area contributed by atoms with Crippen LogP contribution in [0.25, 0.3) is 10.2 Å². The van der Waals surface area contributed by atoms with E-state index in [1.165, 1.54) is 16.9 Å². The Morgan fingerprint density at radius 1 is 1.35 bits per heavy atom. The molecule has 3 aromatic rings. The normalized spacial score (nSPS) is 16.8. The van der Waals surface area contributed by atoms with E-state index in [9.17, 15) is 9.59 Å². The van der Waals surface area contributed by atoms with Gasteiger partial charge in [-0.25, -0.2) is 9.59 Å². The predicted molar refractivity (Wildman–Crippen MR) is 97.4 cm³/mol. The third-order valence-corrected chi connectivity index (χ3v) is 5.53. The van der Waals surface area contributed by atoms with E-state index in [1.54, 1.807) is 6.07 Å². The number of nitrogens with zero attached hydrogens (tertiary/aromatic N) is 2. The number of esters is 2. The van der Waals surface area contributed by atoms with Crippen LogP contribution >= 0.6 is 11.3 Å². The number of hydrogen-bond donors (Lipinski definition) is 0. The lowest BCUT2D eigenvalue weighted by Crippen LogP contribution is -2.22. The maximum atomic E-state index is 12.4. The molecular formula is C19H18N2O4S. The van der Waals surface area contributed by atoms with Gasteiger partial charge in [0.05, 0.1) is 18.8 Å². The lowest BCUT2D eigenvalue weighted by Gasteiger charge is -2.06. The minimum absolute atomic E-state index is 0.299. The van der Waals surface area contributed by atoms with Crippen LogP contribution in [0, 0.1) is 13.8 Å². The van der Waals surface area contributed by atoms with Crippen LogP contribution in [0.2, 0.25) is 0 Å². The Hall–Kier alpha value is -2.67. The number of fused-ring (bicyclic) bond motifs is 1. The number of cyclic esters (lactones) is 1. The summed E-state index contributed by atoms with van der Waals surface area (Å²) >= 11 is 1.33. The van der Waals surface area contributed by atoms with Gasteiger partial charge in [-0.15, -0.1) is 11.3 Å². The molecule has 1 aliphatic rings. The second-order valence-electron chi connectivity index (χ2n) is 6.41. The summed E-state index contributed by atoms with van der Waals surface area (Å²) in [6.07, 6.45) is -0.381. The lowest BCUT2D eigenvalue weighted by molar-refractivity contribution is -0.145. The summed E-state index contributed by atoms with van der Waals surface area (Å²) in [4.78, 5) is 25.3. The standard InChI is InChI=1S/C19H18N2O4S/c1-11-3-5-13(6-4-11)10-21-17-14(12(2)20-21)9-16(26-17)19(23)25-15-7-8-24-18(15)22/h3-6,9,15H,7-8,10H2,1-2H3/t15-/m0/s1. The third-order valence-electron chi connectivity index (χ3n) is 4.40. The molecule has 7 heteroatoms. The minimum atomic E-state index is -0.794. The van der Waals surface area contributed by atoms with E-state index in [2.05, 4.69) is 36.3 Å². The van der Waals surface area contributed by atoms with Crippen LogP contribution in [0.3, 0.4) is 0 Å². The molecule has 0 amide bonds. The van der Waals surface area contributed by atoms with E-state index in [0.717, 1.165) is 21.5 Å². The maximum Gasteiger partial charge on any atom is 0.349 e. The van der Waals surface area contributed by atoms with Crippen molar-refractivity contribution in [2.24, 2.45) is 0 Å². The first-order valence-electron chi connectivity index (χ1n) is 8.41. The van der Waals surface area contributed by atoms with Crippen molar-refractivity contribution >= 4 is 33.5 Å². The molecule has 0 saturated carbocycles. The topological polar surface area (TPSA) is 70.4 Å². The van der Waals surface area contributed by atoms with E-state index >= 15 is 0 Å². The van der Waals surface area contributed by atoms with Crippen LogP contribution in [0.5, 0.6) is 0 Å². The average molecular weight is 370 g/mol. The first-order valence-corrected chi connectivity index (χ1v) is 9.23. The summed E-state index contributed by atoms with van der Waals surface area (Å²) in [5, 5.41) is 5.52. The van der Waals surface area contributed by atoms with Gasteiger partial charge in [0.25, 0.3) is 0 Å². The lowest BCUT2D eigenvalue weighted by atomic mass is 10.1. The van der Waals surface area contributed by atoms with E-state index in [-0.39, 0.29) is 0 Å². The highest BCUT2D eigenvalue weighted by atomic mass is 32.1. The Labute approximate surface area is 154 Å². The van der Waals surface area contributed by atoms with Crippen LogP contribution in [0.15, 0.2) is 30.3 Å². The van der Waals surface area contributed by atoms with E-state index in [4.69, 9.17) is 9.47 Å². The van der Waals surface area contributed by atoms with Crippen molar-refractivity contribution in [3.8, 4) is 0 Å². The Morgan fingerprint density at radius 2 is 2.12 bits per heavy atom. The monoisotopic (exact) mass is 370 g/mol. The number of thiophene rings is 1. The summed E-state index contributed by atoms with van der Waals surface area (Å²) in [6.45, 7) is 4.91. The summed E-state index contributed by atoms with van der Waals surface area (Å²) < 4.78 is 12.0. The highest BCUT2D eigenvalue weighted by Gasteiger charge is 2.31. The molecule has 134 valence electrons. The van der Waals surface area contributed by atoms with Gasteiger partial charge >= 0.3 is 11.9 Å². The van der Waals surface area contributed by atoms with Gasteiger partial charge in [-0.05, 0) is 25.5 Å². The van der Waals surface area contributed by atoms with Crippen LogP contribution < -0.4 is 0 Å². The number of hydrogen-bond acceptors (Lipinski definition) is 6. The zero-order chi connectivity index (χ0) is 18.3. The van der Waals surface area contributed by atoms with Gasteiger partial charge in [0.15, 0.2) is 0 Å². The minimum Gasteiger partial charge on any atom is -0.463 e. The fraction of sp³-hybridized carbons (Fsp3) is 0.316. The molecule has 1 aromatic carbocycles. The summed E-state index contributed by atoms with van der Waals surface area (Å²) in [5.74, 6) is -0.961. The summed E-state index contributed by atoms with van der Waals surface area (Å²) in [5.41, 5.74) is 3.22. The molecule has 0 spiro atoms. The predicted octanol–water partition coefficient (Wildman–Crippen LogP) is 3.24. The van der Waals surface area contributed by atoms with Crippen LogP contribution in [0.4, 0.5) is 0 Å². The molecular weight excluding hydrogens is 352 g/mol. The molecule has 0 unspecified atom stereocenters. The number of aryl methyl sites for hydroxylation is 2. The molecule has 1 fully saturated rings. The molecule has 2 aromatic heterocycles. The van der Waals surface area contributed by atoms with Gasteiger partial charge in [-0.2, -0.15) is 5.10 Å². The molecule has 1 saturated heterocycles. The molecule has 0 N–H and O–H groups in total. The van der Waals surface area contributed by atoms with E-state index < -0.39 is 18.0 Å². The Balaban J connectivity index is 1.59. The van der Waals surface area contributed by atoms with Crippen molar-refractivity contribution < 1.29 is 19.1 Å². The number of carbonyl (C=O) groups is 2. The molecule has 3 heterocycles. The highest BCUT2D eigenvalue weighted by molar-refractivity contribution is 7.20. The fourth-order valence-electron chi connectivity index (χ4n) is 2.96. The van der Waals surface area contributed by atoms with Crippen molar-refractivity contribution in [2.75, 3.05) is 6.61 Å². The zero-order valence-electron chi connectivity index (χ0n) is 14.5. The van der Waals surface area contributed by atoms with Gasteiger partial charge < -0.3 is 9.47 Å². The third kappa shape index (κ3) is 3.10. The smallest absolute Gasteiger partial charge is 0.349 e. The Bertz CT molecular complexity index is 987. The number of aromatic nitrogens is 2. The highest BCUT2D eigenvalue weighted by Crippen LogP contribution is 2.30. The molecule has 1 aliphatic heterocycles. The maximum absolute atomic E-state index is 12.4. The van der Waals surface area contributed by atoms with Gasteiger partial charge in [-0.1, -0.05) is 29.8 Å². The zero-order valence-corrected chi connectivity index (χ0v) is 15.3. The van der Waals surface area contributed by atoms with E-state index in [1.807, 2.05) is 11.6 Å². The van der Waals surface area contributed by atoms with Gasteiger partial charge in [-0.3, -0.25) is 4.68 Å². The van der Waals surface area contributed by atoms with Crippen LogP contribution in [-0.4, -0.2) is 34.4 Å². The molecule has 26 heavy (non-hydrogen) atoms. The average Bonchev–Trinajstić information content (AvgIpc) is 3.29. The Morgan fingerprint density at radius 3 is 2.81 bits per heavy atom. The van der Waals surface area contributed by atoms with Gasteiger partial charge in [0.1, 0.15) is 9.71 Å². The SMILES string of the molecule is Cc1ccc(Cn2nc(C)c3cc(C(=O)O[C@H]4CCOC4=O)sc32)cc1. The number of rotatable bonds is 4. The van der Waals surface area contributed by atoms with Crippen molar-refractivity contribution in [1.82, 2.24) is 9.78 Å². The fourth-order valence-corrected chi connectivity index (χ4v) is 4.00. The summed E-state index contributed by atoms with van der Waals surface area (Å²) in [6, 6.07) is 10.1. The molecule has 0 aliphatic carbocycles. The molecule has 6 nitrogen and oxygen atoms in total. The summed E-state index contributed by atoms with van der Waals surface area (Å²) in [7, 11) is 0. The number of benzene rings is 1. The second kappa shape index (κ2) is 6.57. The second-order valence-corrected chi connectivity index (χ2v) is 7.44. The molecule has 0 bridgehead atoms. The van der Waals surface area contributed by atoms with Gasteiger partial charge in [0.2, 0.25) is 6.10 Å². The molecule has 0 radical (unpaired) electrons. The van der Waals surface area contributed by atoms with Crippen molar-refractivity contribution in [3.05, 3.63) is 52.0 Å². The van der Waals surface area contributed by atoms with E-state index in [0.29, 0.717) is 24.4 Å². The Kier molecular flexibility index (Phi) is 4.24. The largest absolute Gasteiger partial charge is 0.463 e. The quantitative estimate of drug-likeness (QED) is 0.660. The first kappa shape index (κ1) is 16.8. The van der Waals surface area contributed by atoms with Crippen molar-refractivity contribution in [1.29, 1.82) is 0 Å². The van der Waals surface area contributed by atoms with Crippen molar-refractivity contribution in [2.45, 2.75) is 32.9 Å². The molecule has 1 atom stereocenters. The number of ether oxygens (including phenoxy) is 2. The first-order chi connectivity index (χ1) is 12.5. The van der Waals surface area contributed by atoms with Crippen LogP contribution in [0.1, 0.15) is 32.9 Å². The van der Waals surface area contributed by atoms with Gasteiger partial charge in [0, 0.05) is 11.8 Å². The molecule has 4 rings (SSSR count). The van der Waals surface area contributed by atoms with Crippen molar-refractivity contribution in [3.63, 3.8) is 0 Å². The number of carbonyl (C=O) groups excluding carboxylic acids is 2.